The zero-order valence-corrected chi connectivity index (χ0v) is 14.6. The molecule has 0 aromatic heterocycles. The molecule has 5 rings (SSSR count). The first kappa shape index (κ1) is 16.3. The number of benzene rings is 1. The number of rotatable bonds is 4. The second-order valence-electron chi connectivity index (χ2n) is 7.33. The zero-order valence-electron chi connectivity index (χ0n) is 13.7. The number of non-ortho nitro benzene ring substituents is 1. The Kier molecular flexibility index (Phi) is 3.91. The van der Waals surface area contributed by atoms with E-state index in [0.29, 0.717) is 0 Å². The first-order valence-corrected chi connectivity index (χ1v) is 8.75. The Hall–Kier alpha value is -2.14. The number of nitro groups is 1. The lowest BCUT2D eigenvalue weighted by Crippen LogP contribution is -3.56. The van der Waals surface area contributed by atoms with Gasteiger partial charge in [0.2, 0.25) is 20.0 Å². The second-order valence-corrected chi connectivity index (χ2v) is 7.77. The van der Waals surface area contributed by atoms with Gasteiger partial charge in [0.1, 0.15) is 19.6 Å². The Morgan fingerprint density at radius 3 is 2.36 bits per heavy atom. The van der Waals surface area contributed by atoms with Crippen molar-refractivity contribution < 1.29 is 19.6 Å². The Morgan fingerprint density at radius 2 is 1.84 bits per heavy atom. The van der Waals surface area contributed by atoms with E-state index in [0.717, 1.165) is 50.9 Å². The molecule has 4 aliphatic rings. The van der Waals surface area contributed by atoms with Gasteiger partial charge in [-0.25, -0.2) is 14.7 Å². The molecule has 4 heterocycles. The molecule has 0 radical (unpaired) electrons. The molecular weight excluding hydrogens is 342 g/mol. The third kappa shape index (κ3) is 2.97. The maximum absolute atomic E-state index is 11.2. The van der Waals surface area contributed by atoms with Gasteiger partial charge in [0.25, 0.3) is 5.69 Å². The van der Waals surface area contributed by atoms with Crippen molar-refractivity contribution in [2.45, 2.75) is 0 Å². The normalized spacial score (nSPS) is 33.3. The molecule has 1 aromatic carbocycles. The molecule has 4 bridgehead atoms. The molecule has 4 fully saturated rings. The molecule has 1 aromatic rings. The Morgan fingerprint density at radius 1 is 1.24 bits per heavy atom. The van der Waals surface area contributed by atoms with E-state index >= 15 is 0 Å². The van der Waals surface area contributed by atoms with Crippen molar-refractivity contribution >= 4 is 28.7 Å². The summed E-state index contributed by atoms with van der Waals surface area (Å²) in [4.78, 5) is 15.5. The molecule has 0 atom stereocenters. The predicted molar refractivity (Wildman–Crippen MR) is 94.1 cm³/mol. The minimum Gasteiger partial charge on any atom is -0.375 e. The molecule has 10 heteroatoms. The average Bonchev–Trinajstić information content (AvgIpc) is 2.53. The quantitative estimate of drug-likeness (QED) is 0.161. The Labute approximate surface area is 150 Å². The number of thiocarbonyl (C=S) groups is 1. The van der Waals surface area contributed by atoms with Crippen molar-refractivity contribution in [1.29, 1.82) is 0 Å². The molecule has 4 aliphatic heterocycles. The summed E-state index contributed by atoms with van der Waals surface area (Å²) in [7, 11) is 0. The first-order chi connectivity index (χ1) is 11.9. The van der Waals surface area contributed by atoms with Gasteiger partial charge in [0, 0.05) is 17.7 Å². The van der Waals surface area contributed by atoms with Crippen molar-refractivity contribution in [2.24, 2.45) is 16.3 Å². The van der Waals surface area contributed by atoms with E-state index in [9.17, 15) is 10.1 Å². The monoisotopic (exact) mass is 364 g/mol. The number of hydrazone groups is 1. The van der Waals surface area contributed by atoms with Gasteiger partial charge in [0.05, 0.1) is 10.6 Å². The van der Waals surface area contributed by atoms with Crippen molar-refractivity contribution in [3.8, 4) is 0 Å². The maximum atomic E-state index is 11.2. The number of hydrogen-bond donors (Lipinski definition) is 5. The largest absolute Gasteiger partial charge is 0.375 e. The van der Waals surface area contributed by atoms with Crippen LogP contribution in [-0.2, 0) is 0 Å². The van der Waals surface area contributed by atoms with Gasteiger partial charge in [-0.3, -0.25) is 15.5 Å². The molecule has 4 saturated heterocycles. The number of nitro benzene ring substituents is 1. The third-order valence-electron chi connectivity index (χ3n) is 5.38. The summed E-state index contributed by atoms with van der Waals surface area (Å²) >= 11 is 4.91. The highest BCUT2D eigenvalue weighted by atomic mass is 32.1. The zero-order chi connectivity index (χ0) is 17.6. The summed E-state index contributed by atoms with van der Waals surface area (Å²) in [5.74, 6) is 0. The van der Waals surface area contributed by atoms with E-state index in [4.69, 9.17) is 18.0 Å². The lowest BCUT2D eigenvalue weighted by atomic mass is 9.74. The summed E-state index contributed by atoms with van der Waals surface area (Å²) in [6.45, 7) is 6.37. The minimum absolute atomic E-state index is 0.0678. The van der Waals surface area contributed by atoms with Gasteiger partial charge >= 0.3 is 0 Å². The smallest absolute Gasteiger partial charge is 0.270 e. The van der Waals surface area contributed by atoms with Gasteiger partial charge in [-0.05, 0) is 12.2 Å². The first-order valence-electron chi connectivity index (χ1n) is 8.34. The fourth-order valence-electron chi connectivity index (χ4n) is 4.86. The molecular formula is C15H22N7O2S+3. The highest BCUT2D eigenvalue weighted by molar-refractivity contribution is 7.80. The van der Waals surface area contributed by atoms with Crippen molar-refractivity contribution in [1.82, 2.24) is 5.43 Å². The van der Waals surface area contributed by atoms with Gasteiger partial charge in [0.15, 0.2) is 10.5 Å². The fraction of sp³-hybridized carbons (Fsp3) is 0.467. The molecule has 0 unspecified atom stereocenters. The number of hydrogen-bond acceptors (Lipinski definition) is 4. The Bertz CT molecular complexity index is 731. The number of nitrogens with zero attached hydrogens (tertiary/aromatic N) is 2. The molecule has 6 N–H and O–H groups in total. The Balaban J connectivity index is 1.77. The lowest BCUT2D eigenvalue weighted by molar-refractivity contribution is -1.30. The highest BCUT2D eigenvalue weighted by Crippen LogP contribution is 2.25. The predicted octanol–water partition coefficient (Wildman–Crippen LogP) is -4.31. The van der Waals surface area contributed by atoms with Crippen LogP contribution in [0, 0.1) is 15.5 Å². The van der Waals surface area contributed by atoms with Crippen LogP contribution < -0.4 is 25.9 Å². The summed E-state index contributed by atoms with van der Waals surface area (Å²) in [6.07, 6.45) is 0. The van der Waals surface area contributed by atoms with Crippen molar-refractivity contribution in [3.63, 3.8) is 0 Å². The molecule has 0 saturated carbocycles. The van der Waals surface area contributed by atoms with E-state index < -0.39 is 0 Å². The fourth-order valence-corrected chi connectivity index (χ4v) is 4.91. The number of nitrogens with one attached hydrogen (secondary N) is 4. The van der Waals surface area contributed by atoms with Crippen LogP contribution in [0.5, 0.6) is 0 Å². The average molecular weight is 364 g/mol. The van der Waals surface area contributed by atoms with Gasteiger partial charge in [-0.2, -0.15) is 5.10 Å². The summed E-state index contributed by atoms with van der Waals surface area (Å²) in [5, 5.41) is 15.8. The van der Waals surface area contributed by atoms with E-state index in [1.807, 2.05) is 6.07 Å². The lowest BCUT2D eigenvalue weighted by Gasteiger charge is -2.52. The minimum atomic E-state index is -0.375. The third-order valence-corrected chi connectivity index (χ3v) is 5.47. The molecule has 0 amide bonds. The van der Waals surface area contributed by atoms with Crippen LogP contribution in [-0.4, -0.2) is 55.4 Å². The second kappa shape index (κ2) is 5.99. The van der Waals surface area contributed by atoms with Crippen LogP contribution in [0.15, 0.2) is 29.4 Å². The topological polar surface area (TPSA) is 107 Å². The van der Waals surface area contributed by atoms with Crippen molar-refractivity contribution in [3.05, 3.63) is 39.9 Å². The van der Waals surface area contributed by atoms with E-state index in [1.165, 1.54) is 6.07 Å². The van der Waals surface area contributed by atoms with Crippen molar-refractivity contribution in [2.75, 3.05) is 39.6 Å². The van der Waals surface area contributed by atoms with Crippen LogP contribution in [0.4, 0.5) is 5.69 Å². The molecule has 132 valence electrons. The van der Waals surface area contributed by atoms with E-state index in [-0.39, 0.29) is 21.1 Å². The van der Waals surface area contributed by atoms with Crippen LogP contribution in [0.25, 0.3) is 0 Å². The molecule has 9 nitrogen and oxygen atoms in total. The van der Waals surface area contributed by atoms with Crippen LogP contribution >= 0.6 is 12.2 Å². The number of nitrogens with two attached hydrogens (primary N) is 1. The summed E-state index contributed by atoms with van der Waals surface area (Å²) in [5.41, 5.74) is 9.83. The molecule has 0 aliphatic carbocycles. The van der Waals surface area contributed by atoms with Crippen LogP contribution in [0.2, 0.25) is 0 Å². The molecule has 25 heavy (non-hydrogen) atoms. The van der Waals surface area contributed by atoms with Crippen LogP contribution in [0.1, 0.15) is 5.56 Å². The number of quaternary nitrogens is 3. The van der Waals surface area contributed by atoms with E-state index in [2.05, 4.69) is 10.5 Å². The highest BCUT2D eigenvalue weighted by Gasteiger charge is 2.60. The summed E-state index contributed by atoms with van der Waals surface area (Å²) in [6, 6.07) is 6.68. The van der Waals surface area contributed by atoms with Gasteiger partial charge in [-0.15, -0.1) is 0 Å². The van der Waals surface area contributed by atoms with Gasteiger partial charge < -0.3 is 5.73 Å². The maximum Gasteiger partial charge on any atom is 0.270 e. The van der Waals surface area contributed by atoms with Gasteiger partial charge in [-0.1, -0.05) is 12.1 Å². The standard InChI is InChI=1S/C15H19N7O2S/c16-14(25)18-17-13(11-2-1-3-12(4-11)22(23)24)15-5-19-8-20(6-15)10-21(7-15)9-19/h1-4H,5-10H2,(H3,16,18,25)/p+3/b17-13-. The molecule has 0 spiro atoms. The van der Waals surface area contributed by atoms with Crippen LogP contribution in [0.3, 0.4) is 0 Å². The van der Waals surface area contributed by atoms with E-state index in [1.54, 1.807) is 26.8 Å². The summed E-state index contributed by atoms with van der Waals surface area (Å²) < 4.78 is 0. The SMILES string of the molecule is NC(=S)N/N=C(/c1cccc([N+](=O)[O-])c1)C12C[NH+]3C[NH+](C[NH+](C3)C1)C2.